The standard InChI is InChI=1S/C20H13ClF2N2O7/c1-9-5-3-4-6-11(9)19(28)31-16(13(8-24)18(26)27)12-7-10(2)14(21)17(32-20(22)23)15(12)25(29)30/h3-7,20H,1-2H3,(H,26,27)/p-1. The van der Waals surface area contributed by atoms with Crippen molar-refractivity contribution in [3.8, 4) is 11.8 Å². The Morgan fingerprint density at radius 3 is 2.31 bits per heavy atom. The van der Waals surface area contributed by atoms with Gasteiger partial charge in [-0.2, -0.15) is 14.0 Å². The van der Waals surface area contributed by atoms with Crippen LogP contribution in [0, 0.1) is 35.3 Å². The van der Waals surface area contributed by atoms with E-state index in [0.717, 1.165) is 6.07 Å². The lowest BCUT2D eigenvalue weighted by Gasteiger charge is -2.17. The van der Waals surface area contributed by atoms with E-state index in [1.165, 1.54) is 38.1 Å². The summed E-state index contributed by atoms with van der Waals surface area (Å²) in [4.78, 5) is 34.7. The fourth-order valence-electron chi connectivity index (χ4n) is 2.68. The molecule has 0 aliphatic rings. The predicted octanol–water partition coefficient (Wildman–Crippen LogP) is 3.31. The van der Waals surface area contributed by atoms with Crippen molar-refractivity contribution < 1.29 is 37.9 Å². The molecule has 2 aromatic rings. The summed E-state index contributed by atoms with van der Waals surface area (Å²) in [6.45, 7) is -0.743. The number of esters is 1. The number of nitriles is 1. The molecule has 0 spiro atoms. The van der Waals surface area contributed by atoms with Crippen LogP contribution in [0.5, 0.6) is 5.75 Å². The fourth-order valence-corrected chi connectivity index (χ4v) is 2.87. The maximum atomic E-state index is 12.9. The van der Waals surface area contributed by atoms with E-state index in [9.17, 15) is 38.9 Å². The van der Waals surface area contributed by atoms with Crippen molar-refractivity contribution in [1.29, 1.82) is 5.26 Å². The summed E-state index contributed by atoms with van der Waals surface area (Å²) in [6.07, 6.45) is 0. The van der Waals surface area contributed by atoms with E-state index in [-0.39, 0.29) is 11.1 Å². The highest BCUT2D eigenvalue weighted by Crippen LogP contribution is 2.44. The minimum atomic E-state index is -3.53. The Balaban J connectivity index is 2.87. The van der Waals surface area contributed by atoms with Crippen LogP contribution < -0.4 is 9.84 Å². The lowest BCUT2D eigenvalue weighted by atomic mass is 10.0. The van der Waals surface area contributed by atoms with E-state index in [1.54, 1.807) is 6.07 Å². The number of carbonyl (C=O) groups excluding carboxylic acids is 2. The first-order valence-corrected chi connectivity index (χ1v) is 8.93. The van der Waals surface area contributed by atoms with Crippen LogP contribution in [0.15, 0.2) is 35.9 Å². The van der Waals surface area contributed by atoms with Crippen molar-refractivity contribution in [3.63, 3.8) is 0 Å². The number of rotatable bonds is 7. The number of carboxylic acids is 1. The molecule has 0 saturated carbocycles. The summed E-state index contributed by atoms with van der Waals surface area (Å²) in [5.74, 6) is -5.48. The highest BCUT2D eigenvalue weighted by Gasteiger charge is 2.33. The summed E-state index contributed by atoms with van der Waals surface area (Å²) in [7, 11) is 0. The second-order valence-electron chi connectivity index (χ2n) is 6.18. The number of carboxylic acid groups (broad SMARTS) is 1. The second-order valence-corrected chi connectivity index (χ2v) is 6.55. The molecule has 0 N–H and O–H groups in total. The van der Waals surface area contributed by atoms with Gasteiger partial charge in [0.25, 0.3) is 0 Å². The number of hydrogen-bond donors (Lipinski definition) is 0. The summed E-state index contributed by atoms with van der Waals surface area (Å²) in [6, 6.07) is 8.07. The van der Waals surface area contributed by atoms with Crippen molar-refractivity contribution in [2.45, 2.75) is 20.5 Å². The molecule has 166 valence electrons. The first kappa shape index (κ1) is 24.2. The molecule has 9 nitrogen and oxygen atoms in total. The van der Waals surface area contributed by atoms with Gasteiger partial charge < -0.3 is 19.4 Å². The Morgan fingerprint density at radius 1 is 1.19 bits per heavy atom. The van der Waals surface area contributed by atoms with Crippen LogP contribution in [0.2, 0.25) is 5.02 Å². The molecule has 0 heterocycles. The van der Waals surface area contributed by atoms with Gasteiger partial charge in [0.1, 0.15) is 17.2 Å². The molecule has 0 aliphatic heterocycles. The third-order valence-corrected chi connectivity index (χ3v) is 4.58. The number of hydrogen-bond acceptors (Lipinski definition) is 8. The van der Waals surface area contributed by atoms with E-state index < -0.39 is 56.8 Å². The van der Waals surface area contributed by atoms with Gasteiger partial charge in [-0.1, -0.05) is 29.8 Å². The van der Waals surface area contributed by atoms with Gasteiger partial charge in [-0.3, -0.25) is 10.1 Å². The Morgan fingerprint density at radius 2 is 1.81 bits per heavy atom. The maximum absolute atomic E-state index is 12.9. The molecular weight excluding hydrogens is 454 g/mol. The minimum absolute atomic E-state index is 0.0435. The predicted molar refractivity (Wildman–Crippen MR) is 104 cm³/mol. The lowest BCUT2D eigenvalue weighted by Crippen LogP contribution is -2.26. The van der Waals surface area contributed by atoms with Crippen LogP contribution in [-0.4, -0.2) is 23.5 Å². The Labute approximate surface area is 184 Å². The minimum Gasteiger partial charge on any atom is -0.544 e. The number of halogens is 3. The van der Waals surface area contributed by atoms with Crippen LogP contribution in [0.4, 0.5) is 14.5 Å². The fraction of sp³-hybridized carbons (Fsp3) is 0.150. The maximum Gasteiger partial charge on any atom is 0.387 e. The van der Waals surface area contributed by atoms with Crippen LogP contribution in [0.3, 0.4) is 0 Å². The zero-order valence-corrected chi connectivity index (χ0v) is 17.1. The van der Waals surface area contributed by atoms with Gasteiger partial charge in [0, 0.05) is 0 Å². The number of aryl methyl sites for hydroxylation is 2. The number of nitro benzene ring substituents is 1. The molecule has 0 atom stereocenters. The van der Waals surface area contributed by atoms with Gasteiger partial charge in [0.15, 0.2) is 5.76 Å². The number of aliphatic carboxylic acids is 1. The Kier molecular flexibility index (Phi) is 7.45. The van der Waals surface area contributed by atoms with Gasteiger partial charge in [-0.25, -0.2) is 4.79 Å². The van der Waals surface area contributed by atoms with Crippen LogP contribution >= 0.6 is 11.6 Å². The third-order valence-electron chi connectivity index (χ3n) is 4.11. The summed E-state index contributed by atoms with van der Waals surface area (Å²) >= 11 is 5.88. The highest BCUT2D eigenvalue weighted by atomic mass is 35.5. The van der Waals surface area contributed by atoms with Crippen LogP contribution in [0.25, 0.3) is 5.76 Å². The van der Waals surface area contributed by atoms with Gasteiger partial charge in [0.2, 0.25) is 5.75 Å². The van der Waals surface area contributed by atoms with E-state index >= 15 is 0 Å². The van der Waals surface area contributed by atoms with Gasteiger partial charge in [-0.15, -0.1) is 0 Å². The molecule has 0 amide bonds. The molecule has 0 radical (unpaired) electrons. The molecule has 2 rings (SSSR count). The average molecular weight is 466 g/mol. The van der Waals surface area contributed by atoms with E-state index in [2.05, 4.69) is 4.74 Å². The van der Waals surface area contributed by atoms with Gasteiger partial charge >= 0.3 is 18.3 Å². The van der Waals surface area contributed by atoms with Crippen molar-refractivity contribution in [2.24, 2.45) is 0 Å². The average Bonchev–Trinajstić information content (AvgIpc) is 2.70. The molecule has 0 aliphatic carbocycles. The number of ether oxygens (including phenoxy) is 2. The van der Waals surface area contributed by atoms with Gasteiger partial charge in [0.05, 0.1) is 21.5 Å². The van der Waals surface area contributed by atoms with E-state index in [4.69, 9.17) is 16.3 Å². The zero-order valence-electron chi connectivity index (χ0n) is 16.4. The lowest BCUT2D eigenvalue weighted by molar-refractivity contribution is -0.386. The molecule has 0 saturated heterocycles. The molecular formula is C20H12ClF2N2O7-. The van der Waals surface area contributed by atoms with Crippen molar-refractivity contribution >= 4 is 35.0 Å². The van der Waals surface area contributed by atoms with Crippen LogP contribution in [0.1, 0.15) is 27.0 Å². The molecule has 0 aromatic heterocycles. The number of nitrogens with zero attached hydrogens (tertiary/aromatic N) is 2. The normalized spacial score (nSPS) is 11.4. The molecule has 0 unspecified atom stereocenters. The number of carbonyl (C=O) groups is 2. The monoisotopic (exact) mass is 465 g/mol. The number of benzene rings is 2. The summed E-state index contributed by atoms with van der Waals surface area (Å²) in [5.41, 5.74) is -3.02. The van der Waals surface area contributed by atoms with Crippen molar-refractivity contribution in [3.05, 3.63) is 73.3 Å². The zero-order chi connectivity index (χ0) is 24.2. The van der Waals surface area contributed by atoms with E-state index in [0.29, 0.717) is 5.56 Å². The number of alkyl halides is 2. The first-order valence-electron chi connectivity index (χ1n) is 8.55. The summed E-state index contributed by atoms with van der Waals surface area (Å²) < 4.78 is 35.0. The smallest absolute Gasteiger partial charge is 0.387 e. The van der Waals surface area contributed by atoms with E-state index in [1.807, 2.05) is 0 Å². The Bertz CT molecular complexity index is 1190. The quantitative estimate of drug-likeness (QED) is 0.151. The third kappa shape index (κ3) is 4.98. The van der Waals surface area contributed by atoms with Crippen molar-refractivity contribution in [2.75, 3.05) is 0 Å². The molecule has 0 bridgehead atoms. The number of nitro groups is 1. The molecule has 2 aromatic carbocycles. The molecule has 12 heteroatoms. The summed E-state index contributed by atoms with van der Waals surface area (Å²) in [5, 5.41) is 31.9. The first-order chi connectivity index (χ1) is 15.0. The second kappa shape index (κ2) is 9.84. The molecule has 0 fully saturated rings. The molecule has 32 heavy (non-hydrogen) atoms. The van der Waals surface area contributed by atoms with Crippen molar-refractivity contribution in [1.82, 2.24) is 0 Å². The SMILES string of the molecule is Cc1ccccc1C(=O)OC(=C(C#N)C(=O)[O-])c1cc(C)c(Cl)c(OC(F)F)c1[N+](=O)[O-]. The topological polar surface area (TPSA) is 143 Å². The van der Waals surface area contributed by atoms with Crippen LogP contribution in [-0.2, 0) is 9.53 Å². The Hall–Kier alpha value is -4.04. The van der Waals surface area contributed by atoms with Gasteiger partial charge in [-0.05, 0) is 37.1 Å². The highest BCUT2D eigenvalue weighted by molar-refractivity contribution is 6.33. The largest absolute Gasteiger partial charge is 0.544 e.